The molecule has 9 heteroatoms. The molecule has 3 N–H and O–H groups in total. The normalized spacial score (nSPS) is 23.1. The molecule has 6 nitrogen and oxygen atoms in total. The second-order valence-electron chi connectivity index (χ2n) is 7.58. The van der Waals surface area contributed by atoms with Crippen molar-refractivity contribution in [2.45, 2.75) is 38.3 Å². The zero-order valence-electron chi connectivity index (χ0n) is 16.4. The summed E-state index contributed by atoms with van der Waals surface area (Å²) < 4.78 is 28.8. The minimum absolute atomic E-state index is 0.101. The number of aliphatic imine (C=N–C) groups is 1. The minimum atomic E-state index is -2.94. The molecule has 2 aromatic rings. The van der Waals surface area contributed by atoms with Crippen molar-refractivity contribution in [2.75, 3.05) is 11.1 Å². The van der Waals surface area contributed by atoms with Crippen LogP contribution in [0.1, 0.15) is 41.4 Å². The summed E-state index contributed by atoms with van der Waals surface area (Å²) in [6.07, 6.45) is 4.23. The maximum Gasteiger partial charge on any atom is 0.387 e. The zero-order chi connectivity index (χ0) is 21.3. The number of nitrogens with one attached hydrogen (secondary N) is 1. The van der Waals surface area contributed by atoms with Crippen molar-refractivity contribution in [3.63, 3.8) is 0 Å². The van der Waals surface area contributed by atoms with Gasteiger partial charge in [0.05, 0.1) is 11.7 Å². The molecular weight excluding hydrogens is 410 g/mol. The van der Waals surface area contributed by atoms with Gasteiger partial charge >= 0.3 is 6.61 Å². The van der Waals surface area contributed by atoms with Crippen LogP contribution in [-0.2, 0) is 12.0 Å². The maximum absolute atomic E-state index is 12.6. The van der Waals surface area contributed by atoms with Crippen molar-refractivity contribution in [3.8, 4) is 5.75 Å². The highest BCUT2D eigenvalue weighted by molar-refractivity contribution is 8.13. The molecule has 0 radical (unpaired) electrons. The third-order valence-electron chi connectivity index (χ3n) is 5.68. The van der Waals surface area contributed by atoms with Gasteiger partial charge in [-0.05, 0) is 67.5 Å². The summed E-state index contributed by atoms with van der Waals surface area (Å²) >= 11 is 1.60. The molecule has 0 fully saturated rings. The van der Waals surface area contributed by atoms with E-state index < -0.39 is 18.1 Å². The molecule has 2 heterocycles. The van der Waals surface area contributed by atoms with Crippen LogP contribution in [-0.4, -0.2) is 28.4 Å². The molecular formula is C21H22F2N4O2S. The zero-order valence-corrected chi connectivity index (χ0v) is 17.2. The lowest BCUT2D eigenvalue weighted by atomic mass is 9.79. The molecule has 1 aromatic heterocycles. The van der Waals surface area contributed by atoms with Crippen LogP contribution in [0.4, 0.5) is 14.5 Å². The van der Waals surface area contributed by atoms with Crippen LogP contribution in [0.2, 0.25) is 0 Å². The lowest BCUT2D eigenvalue weighted by molar-refractivity contribution is -0.0500. The Bertz CT molecular complexity index is 983. The summed E-state index contributed by atoms with van der Waals surface area (Å²) in [5, 5.41) is 3.43. The van der Waals surface area contributed by atoms with Gasteiger partial charge in [-0.25, -0.2) is 4.98 Å². The number of nitrogens with two attached hydrogens (primary N) is 1. The van der Waals surface area contributed by atoms with Gasteiger partial charge in [0, 0.05) is 11.4 Å². The van der Waals surface area contributed by atoms with E-state index in [0.717, 1.165) is 36.8 Å². The number of benzene rings is 1. The lowest BCUT2D eigenvalue weighted by Gasteiger charge is -2.37. The van der Waals surface area contributed by atoms with E-state index in [4.69, 9.17) is 10.7 Å². The number of ether oxygens (including phenoxy) is 1. The predicted molar refractivity (Wildman–Crippen MR) is 113 cm³/mol. The number of halogens is 2. The Hall–Kier alpha value is -2.68. The molecule has 30 heavy (non-hydrogen) atoms. The second-order valence-corrected chi connectivity index (χ2v) is 8.62. The van der Waals surface area contributed by atoms with Crippen LogP contribution in [0.3, 0.4) is 0 Å². The predicted octanol–water partition coefficient (Wildman–Crippen LogP) is 4.16. The first-order valence-corrected chi connectivity index (χ1v) is 10.7. The highest BCUT2D eigenvalue weighted by atomic mass is 32.2. The number of pyridine rings is 1. The number of amides is 1. The Kier molecular flexibility index (Phi) is 5.64. The number of thioether (sulfide) groups is 1. The Labute approximate surface area is 177 Å². The third-order valence-corrected chi connectivity index (χ3v) is 6.63. The van der Waals surface area contributed by atoms with Gasteiger partial charge in [-0.3, -0.25) is 9.79 Å². The van der Waals surface area contributed by atoms with Crippen LogP contribution < -0.4 is 15.8 Å². The summed E-state index contributed by atoms with van der Waals surface area (Å²) in [5.41, 5.74) is 8.66. The smallest absolute Gasteiger partial charge is 0.387 e. The van der Waals surface area contributed by atoms with Gasteiger partial charge in [0.1, 0.15) is 11.4 Å². The molecule has 2 aliphatic rings. The van der Waals surface area contributed by atoms with Gasteiger partial charge in [0.25, 0.3) is 5.91 Å². The van der Waals surface area contributed by atoms with Gasteiger partial charge in [-0.1, -0.05) is 17.8 Å². The molecule has 1 amide bonds. The molecule has 158 valence electrons. The molecule has 0 bridgehead atoms. The van der Waals surface area contributed by atoms with Gasteiger partial charge in [0.15, 0.2) is 5.17 Å². The molecule has 1 aromatic carbocycles. The van der Waals surface area contributed by atoms with E-state index in [2.05, 4.69) is 22.0 Å². The van der Waals surface area contributed by atoms with Crippen LogP contribution in [0.25, 0.3) is 0 Å². The number of aryl methyl sites for hydroxylation is 1. The quantitative estimate of drug-likeness (QED) is 0.757. The minimum Gasteiger partial charge on any atom is -0.433 e. The number of carbonyl (C=O) groups excluding carboxylic acids is 1. The molecule has 0 saturated heterocycles. The third kappa shape index (κ3) is 4.12. The van der Waals surface area contributed by atoms with Gasteiger partial charge in [-0.15, -0.1) is 0 Å². The number of carbonyl (C=O) groups is 1. The molecule has 0 saturated carbocycles. The average Bonchev–Trinajstić information content (AvgIpc) is 2.84. The highest BCUT2D eigenvalue weighted by Gasteiger charge is 2.41. The van der Waals surface area contributed by atoms with Gasteiger partial charge < -0.3 is 15.8 Å². The van der Waals surface area contributed by atoms with Crippen LogP contribution >= 0.6 is 11.8 Å². The maximum atomic E-state index is 12.6. The first-order chi connectivity index (χ1) is 14.3. The van der Waals surface area contributed by atoms with Crippen molar-refractivity contribution >= 4 is 28.5 Å². The molecule has 0 unspecified atom stereocenters. The lowest BCUT2D eigenvalue weighted by Crippen LogP contribution is -2.37. The monoisotopic (exact) mass is 432 g/mol. The average molecular weight is 432 g/mol. The Morgan fingerprint density at radius 3 is 2.93 bits per heavy atom. The van der Waals surface area contributed by atoms with Gasteiger partial charge in [0.2, 0.25) is 0 Å². The molecule has 2 atom stereocenters. The summed E-state index contributed by atoms with van der Waals surface area (Å²) in [5.74, 6) is 0.775. The Balaban J connectivity index is 1.59. The van der Waals surface area contributed by atoms with Crippen molar-refractivity contribution in [3.05, 3.63) is 53.3 Å². The first-order valence-electron chi connectivity index (χ1n) is 9.69. The van der Waals surface area contributed by atoms with E-state index in [1.807, 2.05) is 18.2 Å². The summed E-state index contributed by atoms with van der Waals surface area (Å²) in [4.78, 5) is 21.3. The number of rotatable bonds is 4. The van der Waals surface area contributed by atoms with Crippen LogP contribution in [0, 0.1) is 5.92 Å². The van der Waals surface area contributed by atoms with Crippen LogP contribution in [0.5, 0.6) is 5.75 Å². The van der Waals surface area contributed by atoms with Gasteiger partial charge in [-0.2, -0.15) is 8.78 Å². The highest BCUT2D eigenvalue weighted by Crippen LogP contribution is 2.46. The number of anilines is 1. The van der Waals surface area contributed by atoms with E-state index in [1.54, 1.807) is 11.8 Å². The fourth-order valence-corrected chi connectivity index (χ4v) is 5.23. The fourth-order valence-electron chi connectivity index (χ4n) is 4.11. The molecule has 0 spiro atoms. The van der Waals surface area contributed by atoms with E-state index in [1.165, 1.54) is 17.7 Å². The van der Waals surface area contributed by atoms with E-state index >= 15 is 0 Å². The number of nitrogens with zero attached hydrogens (tertiary/aromatic N) is 2. The fraction of sp³-hybridized carbons (Fsp3) is 0.381. The van der Waals surface area contributed by atoms with Crippen molar-refractivity contribution in [1.29, 1.82) is 0 Å². The number of amidine groups is 1. The number of hydrogen-bond acceptors (Lipinski definition) is 6. The van der Waals surface area contributed by atoms with E-state index in [0.29, 0.717) is 16.8 Å². The molecule has 1 aliphatic heterocycles. The van der Waals surface area contributed by atoms with E-state index in [9.17, 15) is 13.6 Å². The largest absolute Gasteiger partial charge is 0.433 e. The summed E-state index contributed by atoms with van der Waals surface area (Å²) in [6, 6.07) is 8.48. The number of aromatic nitrogens is 1. The second kappa shape index (κ2) is 8.22. The summed E-state index contributed by atoms with van der Waals surface area (Å²) in [6.45, 7) is -0.824. The Morgan fingerprint density at radius 2 is 2.20 bits per heavy atom. The van der Waals surface area contributed by atoms with Crippen LogP contribution in [0.15, 0.2) is 41.5 Å². The number of hydrogen-bond donors (Lipinski definition) is 2. The first kappa shape index (κ1) is 20.6. The number of alkyl halides is 2. The molecule has 4 rings (SSSR count). The van der Waals surface area contributed by atoms with Crippen molar-refractivity contribution < 1.29 is 18.3 Å². The van der Waals surface area contributed by atoms with Crippen molar-refractivity contribution in [2.24, 2.45) is 16.6 Å². The standard InChI is InChI=1S/C21H22F2N4O2S/c1-21-13(11-30-20(24)27-21)4-2-3-12-5-6-14(9-16(12)21)26-18(28)17-8-7-15(10-25-17)29-19(22)23/h5-10,13,19H,2-4,11H2,1H3,(H2,24,27)(H,26,28)/t13-,21+/m1/s1. The SMILES string of the molecule is C[C@]12N=C(N)SC[C@H]1CCCc1ccc(NC(=O)c3ccc(OC(F)F)cn3)cc12. The summed E-state index contributed by atoms with van der Waals surface area (Å²) in [7, 11) is 0. The van der Waals surface area contributed by atoms with E-state index in [-0.39, 0.29) is 11.4 Å². The molecule has 1 aliphatic carbocycles. The number of fused-ring (bicyclic) bond motifs is 3. The Morgan fingerprint density at radius 1 is 1.37 bits per heavy atom. The van der Waals surface area contributed by atoms with Crippen molar-refractivity contribution in [1.82, 2.24) is 4.98 Å². The topological polar surface area (TPSA) is 89.6 Å².